The predicted octanol–water partition coefficient (Wildman–Crippen LogP) is 3.06. The summed E-state index contributed by atoms with van der Waals surface area (Å²) < 4.78 is 5.23. The van der Waals surface area contributed by atoms with E-state index >= 15 is 0 Å². The first-order valence-corrected chi connectivity index (χ1v) is 9.55. The van der Waals surface area contributed by atoms with Crippen molar-refractivity contribution in [3.8, 4) is 5.75 Å². The summed E-state index contributed by atoms with van der Waals surface area (Å²) in [6.07, 6.45) is 3.06. The molecule has 3 rings (SSSR count). The minimum absolute atomic E-state index is 0.0543. The maximum atomic E-state index is 12.8. The number of piperidine rings is 1. The quantitative estimate of drug-likeness (QED) is 0.797. The average molecular weight is 367 g/mol. The summed E-state index contributed by atoms with van der Waals surface area (Å²) in [5.74, 6) is 0.607. The molecule has 5 nitrogen and oxygen atoms in total. The number of carbonyl (C=O) groups is 1. The maximum Gasteiger partial charge on any atom is 0.253 e. The van der Waals surface area contributed by atoms with Crippen molar-refractivity contribution in [2.75, 3.05) is 39.5 Å². The lowest BCUT2D eigenvalue weighted by molar-refractivity contribution is 0.0646. The van der Waals surface area contributed by atoms with Gasteiger partial charge in [-0.05, 0) is 50.1 Å². The molecule has 5 heteroatoms. The van der Waals surface area contributed by atoms with Gasteiger partial charge in [-0.15, -0.1) is 0 Å². The molecule has 1 fully saturated rings. The second-order valence-electron chi connectivity index (χ2n) is 7.20. The van der Waals surface area contributed by atoms with Gasteiger partial charge >= 0.3 is 0 Å². The molecule has 144 valence electrons. The third-order valence-electron chi connectivity index (χ3n) is 5.45. The van der Waals surface area contributed by atoms with Crippen LogP contribution in [0.2, 0.25) is 0 Å². The lowest BCUT2D eigenvalue weighted by Crippen LogP contribution is -2.46. The number of nitrogen functional groups attached to an aromatic ring is 1. The van der Waals surface area contributed by atoms with E-state index in [2.05, 4.69) is 42.3 Å². The van der Waals surface area contributed by atoms with Gasteiger partial charge in [0.05, 0.1) is 12.8 Å². The molecule has 1 saturated heterocycles. The summed E-state index contributed by atoms with van der Waals surface area (Å²) in [6, 6.07) is 16.4. The van der Waals surface area contributed by atoms with Crippen molar-refractivity contribution < 1.29 is 9.53 Å². The van der Waals surface area contributed by atoms with Crippen molar-refractivity contribution in [1.82, 2.24) is 9.80 Å². The van der Waals surface area contributed by atoms with Crippen LogP contribution in [0.15, 0.2) is 48.5 Å². The number of likely N-dealkylation sites (tertiary alicyclic amines) is 1. The molecule has 2 aromatic carbocycles. The van der Waals surface area contributed by atoms with Crippen LogP contribution in [-0.4, -0.2) is 55.5 Å². The van der Waals surface area contributed by atoms with E-state index in [1.807, 2.05) is 4.90 Å². The Bertz CT molecular complexity index is 755. The lowest BCUT2D eigenvalue weighted by atomic mass is 10.0. The smallest absolute Gasteiger partial charge is 0.253 e. The number of carbonyl (C=O) groups excluding carboxylic acids is 1. The number of amides is 1. The Morgan fingerprint density at radius 3 is 2.56 bits per heavy atom. The minimum Gasteiger partial charge on any atom is -0.495 e. The molecular weight excluding hydrogens is 338 g/mol. The first-order valence-electron chi connectivity index (χ1n) is 9.55. The summed E-state index contributed by atoms with van der Waals surface area (Å²) in [7, 11) is 3.76. The third-order valence-corrected chi connectivity index (χ3v) is 5.45. The number of methoxy groups -OCH3 is 1. The molecule has 0 bridgehead atoms. The van der Waals surface area contributed by atoms with Gasteiger partial charge in [0.2, 0.25) is 0 Å². The Balaban J connectivity index is 1.51. The number of nitrogens with zero attached hydrogens (tertiary/aromatic N) is 2. The average Bonchev–Trinajstić information content (AvgIpc) is 2.72. The van der Waals surface area contributed by atoms with Crippen LogP contribution in [0.1, 0.15) is 28.8 Å². The largest absolute Gasteiger partial charge is 0.495 e. The van der Waals surface area contributed by atoms with Gasteiger partial charge in [-0.2, -0.15) is 0 Å². The van der Waals surface area contributed by atoms with Crippen LogP contribution >= 0.6 is 0 Å². The van der Waals surface area contributed by atoms with Gasteiger partial charge in [-0.3, -0.25) is 4.79 Å². The number of benzene rings is 2. The van der Waals surface area contributed by atoms with Crippen LogP contribution in [0, 0.1) is 0 Å². The van der Waals surface area contributed by atoms with Gasteiger partial charge in [0.25, 0.3) is 5.91 Å². The molecule has 0 atom stereocenters. The van der Waals surface area contributed by atoms with E-state index in [1.165, 1.54) is 5.56 Å². The molecule has 0 saturated carbocycles. The molecule has 0 aliphatic carbocycles. The van der Waals surface area contributed by atoms with Crippen LogP contribution in [0.4, 0.5) is 5.69 Å². The normalized spacial score (nSPS) is 15.1. The molecule has 27 heavy (non-hydrogen) atoms. The molecular formula is C22H29N3O2. The van der Waals surface area contributed by atoms with Crippen molar-refractivity contribution >= 4 is 11.6 Å². The number of anilines is 1. The van der Waals surface area contributed by atoms with E-state index in [0.29, 0.717) is 23.0 Å². The fourth-order valence-corrected chi connectivity index (χ4v) is 3.67. The van der Waals surface area contributed by atoms with Crippen molar-refractivity contribution in [2.24, 2.45) is 0 Å². The monoisotopic (exact) mass is 367 g/mol. The van der Waals surface area contributed by atoms with Crippen molar-refractivity contribution in [3.05, 3.63) is 59.7 Å². The highest BCUT2D eigenvalue weighted by Crippen LogP contribution is 2.24. The molecule has 2 aromatic rings. The summed E-state index contributed by atoms with van der Waals surface area (Å²) in [6.45, 7) is 2.61. The SMILES string of the molecule is COc1cc(C(=O)N2CCC(N(C)CCc3ccccc3)CC2)ccc1N. The summed E-state index contributed by atoms with van der Waals surface area (Å²) in [5, 5.41) is 0. The minimum atomic E-state index is 0.0543. The van der Waals surface area contributed by atoms with Gasteiger partial charge in [0.15, 0.2) is 0 Å². The van der Waals surface area contributed by atoms with E-state index in [-0.39, 0.29) is 5.91 Å². The van der Waals surface area contributed by atoms with Gasteiger partial charge in [-0.25, -0.2) is 0 Å². The number of nitrogens with two attached hydrogens (primary N) is 1. The third kappa shape index (κ3) is 4.80. The van der Waals surface area contributed by atoms with Gasteiger partial charge < -0.3 is 20.3 Å². The second-order valence-corrected chi connectivity index (χ2v) is 7.20. The van der Waals surface area contributed by atoms with Crippen molar-refractivity contribution in [1.29, 1.82) is 0 Å². The molecule has 0 radical (unpaired) electrons. The lowest BCUT2D eigenvalue weighted by Gasteiger charge is -2.37. The molecule has 1 aliphatic heterocycles. The number of likely N-dealkylation sites (N-methyl/N-ethyl adjacent to an activating group) is 1. The molecule has 1 aliphatic rings. The Morgan fingerprint density at radius 2 is 1.89 bits per heavy atom. The van der Waals surface area contributed by atoms with E-state index in [4.69, 9.17) is 10.5 Å². The Kier molecular flexibility index (Phi) is 6.35. The summed E-state index contributed by atoms with van der Waals surface area (Å²) in [5.41, 5.74) is 8.40. The zero-order valence-electron chi connectivity index (χ0n) is 16.2. The summed E-state index contributed by atoms with van der Waals surface area (Å²) >= 11 is 0. The standard InChI is InChI=1S/C22H29N3O2/c1-24(13-10-17-6-4-3-5-7-17)19-11-14-25(15-12-19)22(26)18-8-9-20(23)21(16-18)27-2/h3-9,16,19H,10-15,23H2,1-2H3. The van der Waals surface area contributed by atoms with E-state index in [1.54, 1.807) is 25.3 Å². The maximum absolute atomic E-state index is 12.8. The fraction of sp³-hybridized carbons (Fsp3) is 0.409. The van der Waals surface area contributed by atoms with Gasteiger partial charge in [-0.1, -0.05) is 30.3 Å². The van der Waals surface area contributed by atoms with E-state index in [9.17, 15) is 4.79 Å². The molecule has 2 N–H and O–H groups in total. The van der Waals surface area contributed by atoms with Crippen LogP contribution in [0.3, 0.4) is 0 Å². The number of ether oxygens (including phenoxy) is 1. The first kappa shape index (κ1) is 19.2. The zero-order valence-corrected chi connectivity index (χ0v) is 16.2. The Labute approximate surface area is 161 Å². The number of hydrogen-bond acceptors (Lipinski definition) is 4. The van der Waals surface area contributed by atoms with Crippen LogP contribution in [0.5, 0.6) is 5.75 Å². The van der Waals surface area contributed by atoms with Crippen molar-refractivity contribution in [2.45, 2.75) is 25.3 Å². The topological polar surface area (TPSA) is 58.8 Å². The van der Waals surface area contributed by atoms with E-state index in [0.717, 1.165) is 38.9 Å². The highest BCUT2D eigenvalue weighted by molar-refractivity contribution is 5.95. The summed E-state index contributed by atoms with van der Waals surface area (Å²) in [4.78, 5) is 17.2. The Morgan fingerprint density at radius 1 is 1.19 bits per heavy atom. The predicted molar refractivity (Wildman–Crippen MR) is 109 cm³/mol. The van der Waals surface area contributed by atoms with Crippen LogP contribution in [-0.2, 0) is 6.42 Å². The molecule has 1 heterocycles. The number of rotatable bonds is 6. The van der Waals surface area contributed by atoms with Crippen LogP contribution in [0.25, 0.3) is 0 Å². The number of hydrogen-bond donors (Lipinski definition) is 1. The highest BCUT2D eigenvalue weighted by atomic mass is 16.5. The van der Waals surface area contributed by atoms with Gasteiger partial charge in [0.1, 0.15) is 5.75 Å². The van der Waals surface area contributed by atoms with Gasteiger partial charge in [0, 0.05) is 31.2 Å². The molecule has 1 amide bonds. The van der Waals surface area contributed by atoms with Crippen molar-refractivity contribution in [3.63, 3.8) is 0 Å². The Hall–Kier alpha value is -2.53. The molecule has 0 aromatic heterocycles. The zero-order chi connectivity index (χ0) is 19.2. The molecule has 0 spiro atoms. The highest BCUT2D eigenvalue weighted by Gasteiger charge is 2.26. The van der Waals surface area contributed by atoms with E-state index < -0.39 is 0 Å². The fourth-order valence-electron chi connectivity index (χ4n) is 3.67. The van der Waals surface area contributed by atoms with Crippen LogP contribution < -0.4 is 10.5 Å². The first-order chi connectivity index (χ1) is 13.1. The second kappa shape index (κ2) is 8.91. The molecule has 0 unspecified atom stereocenters.